The fourth-order valence-corrected chi connectivity index (χ4v) is 2.03. The van der Waals surface area contributed by atoms with E-state index in [1.54, 1.807) is 0 Å². The molecule has 0 saturated heterocycles. The SMILES string of the molecule is OCC#C[C@@]1(O)CC[C@H]1c1ccccc1. The Morgan fingerprint density at radius 2 is 2.07 bits per heavy atom. The highest BCUT2D eigenvalue weighted by Crippen LogP contribution is 2.45. The minimum atomic E-state index is -0.927. The monoisotopic (exact) mass is 202 g/mol. The van der Waals surface area contributed by atoms with E-state index in [0.717, 1.165) is 12.0 Å². The second kappa shape index (κ2) is 4.06. The van der Waals surface area contributed by atoms with E-state index < -0.39 is 5.60 Å². The van der Waals surface area contributed by atoms with Crippen LogP contribution in [0.25, 0.3) is 0 Å². The highest BCUT2D eigenvalue weighted by atomic mass is 16.3. The van der Waals surface area contributed by atoms with Crippen LogP contribution in [0, 0.1) is 11.8 Å². The third-order valence-electron chi connectivity index (χ3n) is 2.98. The van der Waals surface area contributed by atoms with E-state index in [2.05, 4.69) is 11.8 Å². The molecule has 15 heavy (non-hydrogen) atoms. The molecular formula is C13H14O2. The molecule has 1 aliphatic carbocycles. The van der Waals surface area contributed by atoms with Gasteiger partial charge in [0.1, 0.15) is 12.2 Å². The van der Waals surface area contributed by atoms with Crippen LogP contribution >= 0.6 is 0 Å². The number of aliphatic hydroxyl groups excluding tert-OH is 1. The highest BCUT2D eigenvalue weighted by Gasteiger charge is 2.44. The summed E-state index contributed by atoms with van der Waals surface area (Å²) in [5.74, 6) is 5.39. The van der Waals surface area contributed by atoms with Crippen LogP contribution in [0.15, 0.2) is 30.3 Å². The average Bonchev–Trinajstić information content (AvgIpc) is 2.26. The van der Waals surface area contributed by atoms with Gasteiger partial charge in [-0.15, -0.1) is 0 Å². The first-order valence-corrected chi connectivity index (χ1v) is 5.14. The zero-order valence-corrected chi connectivity index (χ0v) is 8.48. The fourth-order valence-electron chi connectivity index (χ4n) is 2.03. The predicted octanol–water partition coefficient (Wildman–Crippen LogP) is 1.29. The molecule has 0 aromatic heterocycles. The van der Waals surface area contributed by atoms with E-state index in [1.165, 1.54) is 0 Å². The quantitative estimate of drug-likeness (QED) is 0.674. The lowest BCUT2D eigenvalue weighted by Gasteiger charge is -2.41. The van der Waals surface area contributed by atoms with Gasteiger partial charge in [-0.25, -0.2) is 0 Å². The molecule has 2 N–H and O–H groups in total. The van der Waals surface area contributed by atoms with Crippen LogP contribution in [-0.4, -0.2) is 22.4 Å². The summed E-state index contributed by atoms with van der Waals surface area (Å²) >= 11 is 0. The smallest absolute Gasteiger partial charge is 0.132 e. The molecule has 2 heteroatoms. The maximum absolute atomic E-state index is 10.2. The molecule has 1 aliphatic rings. The average molecular weight is 202 g/mol. The molecule has 0 heterocycles. The van der Waals surface area contributed by atoms with E-state index >= 15 is 0 Å². The summed E-state index contributed by atoms with van der Waals surface area (Å²) in [6.07, 6.45) is 1.65. The second-order valence-corrected chi connectivity index (χ2v) is 3.89. The molecule has 1 saturated carbocycles. The van der Waals surface area contributed by atoms with Gasteiger partial charge in [0, 0.05) is 5.92 Å². The molecule has 2 rings (SSSR count). The maximum Gasteiger partial charge on any atom is 0.132 e. The number of benzene rings is 1. The van der Waals surface area contributed by atoms with E-state index in [1.807, 2.05) is 30.3 Å². The van der Waals surface area contributed by atoms with Gasteiger partial charge in [0.2, 0.25) is 0 Å². The summed E-state index contributed by atoms with van der Waals surface area (Å²) in [5, 5.41) is 18.8. The van der Waals surface area contributed by atoms with Gasteiger partial charge in [0.15, 0.2) is 0 Å². The lowest BCUT2D eigenvalue weighted by Crippen LogP contribution is -2.44. The molecule has 0 aliphatic heterocycles. The summed E-state index contributed by atoms with van der Waals surface area (Å²) < 4.78 is 0. The van der Waals surface area contributed by atoms with Crippen molar-refractivity contribution in [1.82, 2.24) is 0 Å². The lowest BCUT2D eigenvalue weighted by atomic mass is 9.66. The van der Waals surface area contributed by atoms with Crippen molar-refractivity contribution in [3.8, 4) is 11.8 Å². The minimum Gasteiger partial charge on any atom is -0.384 e. The van der Waals surface area contributed by atoms with Crippen LogP contribution in [0.3, 0.4) is 0 Å². The first kappa shape index (κ1) is 10.2. The highest BCUT2D eigenvalue weighted by molar-refractivity contribution is 5.33. The summed E-state index contributed by atoms with van der Waals surface area (Å²) in [6, 6.07) is 9.91. The van der Waals surface area contributed by atoms with Crippen molar-refractivity contribution in [3.63, 3.8) is 0 Å². The number of aliphatic hydroxyl groups is 2. The lowest BCUT2D eigenvalue weighted by molar-refractivity contribution is -0.00339. The van der Waals surface area contributed by atoms with Crippen molar-refractivity contribution in [2.75, 3.05) is 6.61 Å². The molecule has 0 spiro atoms. The Morgan fingerprint density at radius 1 is 1.33 bits per heavy atom. The van der Waals surface area contributed by atoms with Crippen LogP contribution in [0.4, 0.5) is 0 Å². The van der Waals surface area contributed by atoms with E-state index in [0.29, 0.717) is 6.42 Å². The third kappa shape index (κ3) is 1.90. The minimum absolute atomic E-state index is 0.0951. The van der Waals surface area contributed by atoms with E-state index in [9.17, 15) is 5.11 Å². The van der Waals surface area contributed by atoms with Gasteiger partial charge in [-0.1, -0.05) is 42.2 Å². The Balaban J connectivity index is 2.19. The predicted molar refractivity (Wildman–Crippen MR) is 58.2 cm³/mol. The van der Waals surface area contributed by atoms with Crippen molar-refractivity contribution >= 4 is 0 Å². The second-order valence-electron chi connectivity index (χ2n) is 3.89. The normalized spacial score (nSPS) is 28.8. The summed E-state index contributed by atoms with van der Waals surface area (Å²) in [6.45, 7) is -0.191. The van der Waals surface area contributed by atoms with Crippen LogP contribution in [0.5, 0.6) is 0 Å². The molecule has 0 bridgehead atoms. The molecule has 2 atom stereocenters. The van der Waals surface area contributed by atoms with Gasteiger partial charge < -0.3 is 10.2 Å². The maximum atomic E-state index is 10.2. The topological polar surface area (TPSA) is 40.5 Å². The van der Waals surface area contributed by atoms with Gasteiger partial charge in [-0.05, 0) is 18.4 Å². The first-order valence-electron chi connectivity index (χ1n) is 5.14. The third-order valence-corrected chi connectivity index (χ3v) is 2.98. The van der Waals surface area contributed by atoms with Crippen molar-refractivity contribution in [2.24, 2.45) is 0 Å². The molecule has 1 aromatic rings. The largest absolute Gasteiger partial charge is 0.384 e. The van der Waals surface area contributed by atoms with Crippen LogP contribution in [0.2, 0.25) is 0 Å². The van der Waals surface area contributed by atoms with Gasteiger partial charge in [-0.3, -0.25) is 0 Å². The Kier molecular flexibility index (Phi) is 2.77. The summed E-state index contributed by atoms with van der Waals surface area (Å²) in [7, 11) is 0. The van der Waals surface area contributed by atoms with Gasteiger partial charge in [0.25, 0.3) is 0 Å². The molecule has 1 fully saturated rings. The molecular weight excluding hydrogens is 188 g/mol. The summed E-state index contributed by atoms with van der Waals surface area (Å²) in [5.41, 5.74) is 0.197. The van der Waals surface area contributed by atoms with Crippen LogP contribution in [0.1, 0.15) is 24.3 Å². The van der Waals surface area contributed by atoms with Gasteiger partial charge in [-0.2, -0.15) is 0 Å². The molecule has 0 radical (unpaired) electrons. The van der Waals surface area contributed by atoms with Crippen LogP contribution in [-0.2, 0) is 0 Å². The van der Waals surface area contributed by atoms with Crippen LogP contribution < -0.4 is 0 Å². The van der Waals surface area contributed by atoms with Crippen molar-refractivity contribution in [1.29, 1.82) is 0 Å². The Labute approximate surface area is 89.6 Å². The molecule has 0 amide bonds. The fraction of sp³-hybridized carbons (Fsp3) is 0.385. The number of hydrogen-bond acceptors (Lipinski definition) is 2. The molecule has 78 valence electrons. The van der Waals surface area contributed by atoms with E-state index in [-0.39, 0.29) is 12.5 Å². The summed E-state index contributed by atoms with van der Waals surface area (Å²) in [4.78, 5) is 0. The van der Waals surface area contributed by atoms with Gasteiger partial charge >= 0.3 is 0 Å². The number of rotatable bonds is 1. The number of hydrogen-bond donors (Lipinski definition) is 2. The molecule has 2 nitrogen and oxygen atoms in total. The van der Waals surface area contributed by atoms with E-state index in [4.69, 9.17) is 5.11 Å². The van der Waals surface area contributed by atoms with Crippen molar-refractivity contribution in [2.45, 2.75) is 24.4 Å². The molecule has 1 aromatic carbocycles. The Hall–Kier alpha value is -1.30. The van der Waals surface area contributed by atoms with Gasteiger partial charge in [0.05, 0.1) is 0 Å². The first-order chi connectivity index (χ1) is 7.26. The van der Waals surface area contributed by atoms with Crippen molar-refractivity contribution in [3.05, 3.63) is 35.9 Å². The zero-order valence-electron chi connectivity index (χ0n) is 8.48. The zero-order chi connectivity index (χ0) is 10.7. The Morgan fingerprint density at radius 3 is 2.60 bits per heavy atom. The Bertz CT molecular complexity index is 388. The van der Waals surface area contributed by atoms with Crippen molar-refractivity contribution < 1.29 is 10.2 Å². The molecule has 0 unspecified atom stereocenters. The standard InChI is InChI=1S/C13H14O2/c14-10-4-8-13(15)9-7-12(13)11-5-2-1-3-6-11/h1-3,5-6,12,14-15H,7,9-10H2/t12-,13+/m0/s1.